The summed E-state index contributed by atoms with van der Waals surface area (Å²) in [6.07, 6.45) is 0.456. The van der Waals surface area contributed by atoms with E-state index in [-0.39, 0.29) is 23.8 Å². The second-order valence-electron chi connectivity index (χ2n) is 5.16. The number of hydrogen-bond donors (Lipinski definition) is 2. The highest BCUT2D eigenvalue weighted by Gasteiger charge is 2.35. The van der Waals surface area contributed by atoms with Gasteiger partial charge in [-0.25, -0.2) is 13.4 Å². The van der Waals surface area contributed by atoms with Crippen LogP contribution in [0.2, 0.25) is 0 Å². The number of carbonyl (C=O) groups excluding carboxylic acids is 1. The van der Waals surface area contributed by atoms with Crippen molar-refractivity contribution in [2.24, 2.45) is 0 Å². The second kappa shape index (κ2) is 5.54. The largest absolute Gasteiger partial charge is 0.506 e. The fraction of sp³-hybridized carbons (Fsp3) is 0.133. The van der Waals surface area contributed by atoms with Crippen molar-refractivity contribution in [3.05, 3.63) is 59.4 Å². The van der Waals surface area contributed by atoms with Crippen LogP contribution in [0.15, 0.2) is 42.5 Å². The smallest absolute Gasteiger partial charge is 0.326 e. The number of nitrogens with one attached hydrogen (secondary N) is 1. The standard InChI is InChI=1S/C15H13FN2O4S/c16-12-4-1-10(2-5-12)7-11-3-6-13(14(19)8-11)18-9-15(20)17-23(18,21)22/h1-6,8,19H,7,9H2,(H,17,20). The number of phenols is 1. The molecule has 1 saturated heterocycles. The molecule has 1 aliphatic rings. The van der Waals surface area contributed by atoms with Crippen molar-refractivity contribution in [1.82, 2.24) is 4.72 Å². The minimum Gasteiger partial charge on any atom is -0.506 e. The fourth-order valence-electron chi connectivity index (χ4n) is 2.39. The summed E-state index contributed by atoms with van der Waals surface area (Å²) in [6.45, 7) is -0.368. The molecule has 0 aromatic heterocycles. The summed E-state index contributed by atoms with van der Waals surface area (Å²) >= 11 is 0. The van der Waals surface area contributed by atoms with Crippen LogP contribution in [-0.4, -0.2) is 26.0 Å². The number of hydrogen-bond acceptors (Lipinski definition) is 4. The Morgan fingerprint density at radius 3 is 2.35 bits per heavy atom. The first kappa shape index (κ1) is 15.3. The Morgan fingerprint density at radius 1 is 1.13 bits per heavy atom. The minimum absolute atomic E-state index is 0.0335. The average molecular weight is 336 g/mol. The van der Waals surface area contributed by atoms with Crippen molar-refractivity contribution in [3.63, 3.8) is 0 Å². The van der Waals surface area contributed by atoms with Gasteiger partial charge in [-0.1, -0.05) is 18.2 Å². The van der Waals surface area contributed by atoms with Crippen LogP contribution in [0.1, 0.15) is 11.1 Å². The molecule has 1 heterocycles. The number of phenolic OH excluding ortho intramolecular Hbond substituents is 1. The number of halogens is 1. The highest BCUT2D eigenvalue weighted by molar-refractivity contribution is 7.92. The number of amides is 1. The van der Waals surface area contributed by atoms with E-state index < -0.39 is 16.1 Å². The molecule has 3 rings (SSSR count). The van der Waals surface area contributed by atoms with Gasteiger partial charge in [0.2, 0.25) is 0 Å². The summed E-state index contributed by atoms with van der Waals surface area (Å²) in [5.41, 5.74) is 1.61. The molecule has 0 radical (unpaired) electrons. The van der Waals surface area contributed by atoms with Crippen LogP contribution in [0.25, 0.3) is 0 Å². The number of carbonyl (C=O) groups is 1. The molecule has 23 heavy (non-hydrogen) atoms. The Kier molecular flexibility index (Phi) is 3.69. The number of rotatable bonds is 3. The van der Waals surface area contributed by atoms with Gasteiger partial charge in [0.1, 0.15) is 18.1 Å². The van der Waals surface area contributed by atoms with E-state index in [4.69, 9.17) is 0 Å². The molecule has 0 spiro atoms. The van der Waals surface area contributed by atoms with Crippen molar-refractivity contribution < 1.29 is 22.7 Å². The second-order valence-corrected chi connectivity index (χ2v) is 6.76. The van der Waals surface area contributed by atoms with Crippen LogP contribution in [0.4, 0.5) is 10.1 Å². The first-order valence-electron chi connectivity index (χ1n) is 6.75. The fourth-order valence-corrected chi connectivity index (χ4v) is 3.55. The zero-order valence-electron chi connectivity index (χ0n) is 11.9. The molecule has 1 aliphatic heterocycles. The summed E-state index contributed by atoms with van der Waals surface area (Å²) < 4.78 is 39.1. The molecule has 0 atom stereocenters. The lowest BCUT2D eigenvalue weighted by Gasteiger charge is -2.16. The molecule has 120 valence electrons. The predicted molar refractivity (Wildman–Crippen MR) is 81.7 cm³/mol. The molecule has 2 N–H and O–H groups in total. The zero-order valence-corrected chi connectivity index (χ0v) is 12.7. The molecule has 2 aromatic rings. The third-order valence-electron chi connectivity index (χ3n) is 3.45. The topological polar surface area (TPSA) is 86.7 Å². The summed E-state index contributed by atoms with van der Waals surface area (Å²) in [6, 6.07) is 10.5. The van der Waals surface area contributed by atoms with Crippen LogP contribution >= 0.6 is 0 Å². The van der Waals surface area contributed by atoms with E-state index in [1.807, 2.05) is 4.72 Å². The van der Waals surface area contributed by atoms with E-state index >= 15 is 0 Å². The van der Waals surface area contributed by atoms with Gasteiger partial charge in [-0.3, -0.25) is 4.79 Å². The SMILES string of the molecule is O=C1CN(c2ccc(Cc3ccc(F)cc3)cc2O)S(=O)(=O)N1. The molecule has 1 fully saturated rings. The van der Waals surface area contributed by atoms with Crippen LogP contribution < -0.4 is 9.03 Å². The summed E-state index contributed by atoms with van der Waals surface area (Å²) in [5, 5.41) is 10.1. The predicted octanol–water partition coefficient (Wildman–Crippen LogP) is 1.30. The van der Waals surface area contributed by atoms with Gasteiger partial charge in [-0.2, -0.15) is 8.42 Å². The van der Waals surface area contributed by atoms with E-state index in [1.54, 1.807) is 18.2 Å². The molecule has 0 aliphatic carbocycles. The molecule has 0 bridgehead atoms. The molecular weight excluding hydrogens is 323 g/mol. The van der Waals surface area contributed by atoms with Gasteiger partial charge >= 0.3 is 10.2 Å². The van der Waals surface area contributed by atoms with Gasteiger partial charge in [0.15, 0.2) is 0 Å². The van der Waals surface area contributed by atoms with E-state index in [1.165, 1.54) is 24.3 Å². The quantitative estimate of drug-likeness (QED) is 0.885. The van der Waals surface area contributed by atoms with Gasteiger partial charge in [-0.15, -0.1) is 0 Å². The summed E-state index contributed by atoms with van der Waals surface area (Å²) in [5.74, 6) is -1.23. The van der Waals surface area contributed by atoms with Crippen molar-refractivity contribution in [2.75, 3.05) is 10.8 Å². The van der Waals surface area contributed by atoms with Crippen LogP contribution in [0.5, 0.6) is 5.75 Å². The molecule has 8 heteroatoms. The van der Waals surface area contributed by atoms with Gasteiger partial charge in [0, 0.05) is 0 Å². The molecule has 6 nitrogen and oxygen atoms in total. The Hall–Kier alpha value is -2.61. The lowest BCUT2D eigenvalue weighted by Crippen LogP contribution is -2.29. The highest BCUT2D eigenvalue weighted by Crippen LogP contribution is 2.31. The molecule has 1 amide bonds. The van der Waals surface area contributed by atoms with Crippen LogP contribution in [0, 0.1) is 5.82 Å². The Bertz CT molecular complexity index is 866. The van der Waals surface area contributed by atoms with Crippen LogP contribution in [0.3, 0.4) is 0 Å². The number of nitrogens with zero attached hydrogens (tertiary/aromatic N) is 1. The average Bonchev–Trinajstić information content (AvgIpc) is 2.74. The maximum atomic E-state index is 12.9. The Morgan fingerprint density at radius 2 is 1.78 bits per heavy atom. The van der Waals surface area contributed by atoms with E-state index in [0.29, 0.717) is 6.42 Å². The minimum atomic E-state index is -3.96. The Labute approximate surface area is 132 Å². The molecule has 0 saturated carbocycles. The van der Waals surface area contributed by atoms with E-state index in [9.17, 15) is 22.7 Å². The monoisotopic (exact) mass is 336 g/mol. The first-order valence-corrected chi connectivity index (χ1v) is 8.19. The van der Waals surface area contributed by atoms with Gasteiger partial charge in [-0.05, 0) is 41.8 Å². The molecular formula is C15H13FN2O4S. The Balaban J connectivity index is 1.86. The first-order chi connectivity index (χ1) is 10.8. The van der Waals surface area contributed by atoms with Crippen molar-refractivity contribution >= 4 is 21.8 Å². The lowest BCUT2D eigenvalue weighted by molar-refractivity contribution is -0.117. The van der Waals surface area contributed by atoms with E-state index in [0.717, 1.165) is 15.4 Å². The normalized spacial score (nSPS) is 16.4. The maximum absolute atomic E-state index is 12.9. The summed E-state index contributed by atoms with van der Waals surface area (Å²) in [7, 11) is -3.96. The van der Waals surface area contributed by atoms with E-state index in [2.05, 4.69) is 0 Å². The third-order valence-corrected chi connectivity index (χ3v) is 4.84. The zero-order chi connectivity index (χ0) is 16.6. The summed E-state index contributed by atoms with van der Waals surface area (Å²) in [4.78, 5) is 11.2. The number of aromatic hydroxyl groups is 1. The highest BCUT2D eigenvalue weighted by atomic mass is 32.2. The lowest BCUT2D eigenvalue weighted by atomic mass is 10.0. The van der Waals surface area contributed by atoms with Crippen LogP contribution in [-0.2, 0) is 21.4 Å². The maximum Gasteiger partial charge on any atom is 0.326 e. The van der Waals surface area contributed by atoms with Gasteiger partial charge in [0.25, 0.3) is 5.91 Å². The van der Waals surface area contributed by atoms with Gasteiger partial charge < -0.3 is 5.11 Å². The molecule has 2 aromatic carbocycles. The number of benzene rings is 2. The van der Waals surface area contributed by atoms with Gasteiger partial charge in [0.05, 0.1) is 5.69 Å². The van der Waals surface area contributed by atoms with Crippen molar-refractivity contribution in [1.29, 1.82) is 0 Å². The molecule has 0 unspecified atom stereocenters. The number of anilines is 1. The third kappa shape index (κ3) is 3.11. The van der Waals surface area contributed by atoms with Crippen molar-refractivity contribution in [3.8, 4) is 5.75 Å². The van der Waals surface area contributed by atoms with Crippen molar-refractivity contribution in [2.45, 2.75) is 6.42 Å².